The highest BCUT2D eigenvalue weighted by Crippen LogP contribution is 2.27. The molecule has 0 spiro atoms. The van der Waals surface area contributed by atoms with Crippen molar-refractivity contribution in [1.82, 2.24) is 0 Å². The monoisotopic (exact) mass is 247 g/mol. The summed E-state index contributed by atoms with van der Waals surface area (Å²) in [6.45, 7) is 3.82. The number of rotatable bonds is 2. The van der Waals surface area contributed by atoms with Crippen molar-refractivity contribution in [3.05, 3.63) is 40.2 Å². The molecule has 65 valence electrons. The molecule has 1 unspecified atom stereocenters. The van der Waals surface area contributed by atoms with E-state index in [4.69, 9.17) is 16.7 Å². The average Bonchev–Trinajstić information content (AvgIpc) is 2.08. The summed E-state index contributed by atoms with van der Waals surface area (Å²) in [7, 11) is 0. The Morgan fingerprint density at radius 3 is 2.83 bits per heavy atom. The second kappa shape index (κ2) is 4.26. The number of hydrogen-bond acceptors (Lipinski definition) is 1. The summed E-state index contributed by atoms with van der Waals surface area (Å²) in [6.07, 6.45) is 0. The summed E-state index contributed by atoms with van der Waals surface area (Å²) in [5, 5.41) is 9.54. The van der Waals surface area contributed by atoms with E-state index in [1.54, 1.807) is 12.1 Å². The molecular formula is C9H9BrClO. The van der Waals surface area contributed by atoms with Gasteiger partial charge in [0, 0.05) is 22.0 Å². The molecule has 3 heteroatoms. The van der Waals surface area contributed by atoms with E-state index in [1.807, 2.05) is 6.07 Å². The molecule has 0 heterocycles. The minimum Gasteiger partial charge on any atom is -0.396 e. The second-order valence-corrected chi connectivity index (χ2v) is 3.84. The topological polar surface area (TPSA) is 20.2 Å². The van der Waals surface area contributed by atoms with Gasteiger partial charge >= 0.3 is 0 Å². The molecule has 0 fully saturated rings. The highest BCUT2D eigenvalue weighted by atomic mass is 79.9. The van der Waals surface area contributed by atoms with Crippen LogP contribution in [0.15, 0.2) is 22.7 Å². The van der Waals surface area contributed by atoms with Crippen LogP contribution in [-0.4, -0.2) is 11.7 Å². The van der Waals surface area contributed by atoms with Gasteiger partial charge in [-0.25, -0.2) is 0 Å². The number of hydrogen-bond donors (Lipinski definition) is 1. The molecule has 0 saturated heterocycles. The molecule has 12 heavy (non-hydrogen) atoms. The Kier molecular flexibility index (Phi) is 3.56. The fourth-order valence-electron chi connectivity index (χ4n) is 0.926. The van der Waals surface area contributed by atoms with Crippen molar-refractivity contribution in [1.29, 1.82) is 0 Å². The molecule has 0 aromatic heterocycles. The number of benzene rings is 1. The molecule has 0 bridgehead atoms. The van der Waals surface area contributed by atoms with Crippen LogP contribution in [0.5, 0.6) is 0 Å². The molecule has 1 N–H and O–H groups in total. The van der Waals surface area contributed by atoms with Crippen LogP contribution in [0.1, 0.15) is 11.5 Å². The zero-order valence-corrected chi connectivity index (χ0v) is 8.77. The van der Waals surface area contributed by atoms with Crippen molar-refractivity contribution in [3.8, 4) is 0 Å². The molecular weight excluding hydrogens is 239 g/mol. The fraction of sp³-hybridized carbons (Fsp3) is 0.222. The van der Waals surface area contributed by atoms with E-state index in [2.05, 4.69) is 22.9 Å². The van der Waals surface area contributed by atoms with Gasteiger partial charge in [0.15, 0.2) is 0 Å². The number of aliphatic hydroxyl groups is 1. The van der Waals surface area contributed by atoms with Crippen molar-refractivity contribution in [3.63, 3.8) is 0 Å². The molecule has 1 radical (unpaired) electrons. The molecule has 1 rings (SSSR count). The Morgan fingerprint density at radius 1 is 1.58 bits per heavy atom. The number of halogens is 2. The first kappa shape index (κ1) is 10.0. The minimum atomic E-state index is -0.127. The summed E-state index contributed by atoms with van der Waals surface area (Å²) < 4.78 is 0.931. The fourth-order valence-corrected chi connectivity index (χ4v) is 1.68. The van der Waals surface area contributed by atoms with Crippen LogP contribution in [0.25, 0.3) is 0 Å². The van der Waals surface area contributed by atoms with Crippen LogP contribution in [0.4, 0.5) is 0 Å². The number of aliphatic hydroxyl groups excluding tert-OH is 1. The minimum absolute atomic E-state index is 0.0267. The van der Waals surface area contributed by atoms with Crippen LogP contribution in [0, 0.1) is 6.92 Å². The van der Waals surface area contributed by atoms with Crippen molar-refractivity contribution >= 4 is 27.5 Å². The van der Waals surface area contributed by atoms with E-state index in [0.717, 1.165) is 10.0 Å². The highest BCUT2D eigenvalue weighted by molar-refractivity contribution is 9.10. The zero-order chi connectivity index (χ0) is 9.14. The lowest BCUT2D eigenvalue weighted by molar-refractivity contribution is 0.282. The molecule has 1 aromatic rings. The van der Waals surface area contributed by atoms with Crippen LogP contribution < -0.4 is 0 Å². The predicted molar refractivity (Wildman–Crippen MR) is 54.3 cm³/mol. The molecule has 1 nitrogen and oxygen atoms in total. The van der Waals surface area contributed by atoms with Gasteiger partial charge in [0.1, 0.15) is 0 Å². The highest BCUT2D eigenvalue weighted by Gasteiger charge is 2.08. The van der Waals surface area contributed by atoms with E-state index in [1.165, 1.54) is 0 Å². The van der Waals surface area contributed by atoms with Crippen molar-refractivity contribution < 1.29 is 5.11 Å². The van der Waals surface area contributed by atoms with E-state index in [-0.39, 0.29) is 12.5 Å². The second-order valence-electron chi connectivity index (χ2n) is 2.55. The maximum Gasteiger partial charge on any atom is 0.0500 e. The van der Waals surface area contributed by atoms with E-state index in [0.29, 0.717) is 5.02 Å². The molecule has 0 aliphatic rings. The normalized spacial score (nSPS) is 13.0. The third-order valence-electron chi connectivity index (χ3n) is 1.62. The molecule has 0 amide bonds. The largest absolute Gasteiger partial charge is 0.396 e. The summed E-state index contributed by atoms with van der Waals surface area (Å²) in [6, 6.07) is 5.45. The first-order valence-electron chi connectivity index (χ1n) is 3.54. The third kappa shape index (κ3) is 2.22. The third-order valence-corrected chi connectivity index (χ3v) is 2.58. The van der Waals surface area contributed by atoms with E-state index in [9.17, 15) is 0 Å². The Balaban J connectivity index is 3.04. The van der Waals surface area contributed by atoms with Gasteiger partial charge in [0.05, 0.1) is 0 Å². The first-order chi connectivity index (χ1) is 5.65. The Labute approximate surface area is 85.5 Å². The van der Waals surface area contributed by atoms with Crippen LogP contribution in [-0.2, 0) is 0 Å². The smallest absolute Gasteiger partial charge is 0.0500 e. The molecule has 1 aromatic carbocycles. The standard InChI is InChI=1S/C9H9BrClO/c1-6(5-12)8-4-7(11)2-3-9(8)10/h2-4,6,12H,1,5H2. The van der Waals surface area contributed by atoms with Crippen molar-refractivity contribution in [2.24, 2.45) is 0 Å². The molecule has 1 atom stereocenters. The van der Waals surface area contributed by atoms with Gasteiger partial charge < -0.3 is 5.11 Å². The average molecular weight is 249 g/mol. The van der Waals surface area contributed by atoms with Gasteiger partial charge in [-0.15, -0.1) is 0 Å². The first-order valence-corrected chi connectivity index (χ1v) is 4.71. The lowest BCUT2D eigenvalue weighted by Gasteiger charge is -2.10. The Hall–Kier alpha value is -0.0500. The predicted octanol–water partition coefficient (Wildman–Crippen LogP) is 3.01. The van der Waals surface area contributed by atoms with Gasteiger partial charge in [-0.2, -0.15) is 0 Å². The van der Waals surface area contributed by atoms with E-state index < -0.39 is 0 Å². The van der Waals surface area contributed by atoms with Gasteiger partial charge in [-0.3, -0.25) is 0 Å². The van der Waals surface area contributed by atoms with Gasteiger partial charge in [-0.1, -0.05) is 27.5 Å². The maximum atomic E-state index is 8.88. The van der Waals surface area contributed by atoms with Gasteiger partial charge in [-0.05, 0) is 30.7 Å². The van der Waals surface area contributed by atoms with Crippen molar-refractivity contribution in [2.75, 3.05) is 6.61 Å². The molecule has 0 aliphatic carbocycles. The van der Waals surface area contributed by atoms with Crippen LogP contribution in [0.3, 0.4) is 0 Å². The lowest BCUT2D eigenvalue weighted by atomic mass is 10.0. The van der Waals surface area contributed by atoms with Crippen molar-refractivity contribution in [2.45, 2.75) is 5.92 Å². The summed E-state index contributed by atoms with van der Waals surface area (Å²) >= 11 is 9.15. The van der Waals surface area contributed by atoms with Gasteiger partial charge in [0.2, 0.25) is 0 Å². The lowest BCUT2D eigenvalue weighted by Crippen LogP contribution is -1.99. The quantitative estimate of drug-likeness (QED) is 0.853. The van der Waals surface area contributed by atoms with Gasteiger partial charge in [0.25, 0.3) is 0 Å². The van der Waals surface area contributed by atoms with Crippen LogP contribution in [0.2, 0.25) is 5.02 Å². The van der Waals surface area contributed by atoms with E-state index >= 15 is 0 Å². The summed E-state index contributed by atoms with van der Waals surface area (Å²) in [4.78, 5) is 0. The maximum absolute atomic E-state index is 8.88. The Morgan fingerprint density at radius 2 is 2.25 bits per heavy atom. The zero-order valence-electron chi connectivity index (χ0n) is 6.43. The SMILES string of the molecule is [CH2]C(CO)c1cc(Cl)ccc1Br. The van der Waals surface area contributed by atoms with Crippen LogP contribution >= 0.6 is 27.5 Å². The molecule has 0 aliphatic heterocycles. The molecule has 0 saturated carbocycles. The summed E-state index contributed by atoms with van der Waals surface area (Å²) in [5.74, 6) is -0.127. The Bertz CT molecular complexity index is 275. The summed E-state index contributed by atoms with van der Waals surface area (Å²) in [5.41, 5.74) is 0.935.